The van der Waals surface area contributed by atoms with Crippen LogP contribution in [0.25, 0.3) is 6.08 Å². The van der Waals surface area contributed by atoms with Crippen LogP contribution in [0, 0.1) is 24.0 Å². The summed E-state index contributed by atoms with van der Waals surface area (Å²) in [5, 5.41) is 13.2. The number of rotatable bonds is 10. The molecule has 3 aromatic rings. The zero-order chi connectivity index (χ0) is 29.7. The molecule has 1 fully saturated rings. The number of anilines is 1. The standard InChI is InChI=1S/C29H26ClN3O7S/c1-4-39-24-13-20(12-23(30)27(24)40-16-19-6-9-22(10-7-19)33(37)38)14-25-28(35)32(29(36)41-25)15-26(34)31-21-8-5-17(2)18(3)11-21/h5-14H,4,15-16H2,1-3H3,(H,31,34)/b25-14+. The van der Waals surface area contributed by atoms with Gasteiger partial charge in [-0.05, 0) is 97.3 Å². The van der Waals surface area contributed by atoms with Gasteiger partial charge in [0.15, 0.2) is 11.5 Å². The number of nitrogens with one attached hydrogen (secondary N) is 1. The molecule has 3 amide bonds. The lowest BCUT2D eigenvalue weighted by atomic mass is 10.1. The van der Waals surface area contributed by atoms with Crippen LogP contribution in [0.1, 0.15) is 29.2 Å². The van der Waals surface area contributed by atoms with E-state index in [-0.39, 0.29) is 28.0 Å². The number of nitro groups is 1. The van der Waals surface area contributed by atoms with Crippen LogP contribution in [0.2, 0.25) is 5.02 Å². The van der Waals surface area contributed by atoms with Crippen molar-refractivity contribution in [3.8, 4) is 11.5 Å². The average molecular weight is 596 g/mol. The van der Waals surface area contributed by atoms with Crippen molar-refractivity contribution in [3.05, 3.63) is 96.9 Å². The molecular weight excluding hydrogens is 570 g/mol. The van der Waals surface area contributed by atoms with Gasteiger partial charge in [-0.15, -0.1) is 0 Å². The number of benzene rings is 3. The number of nitrogens with zero attached hydrogens (tertiary/aromatic N) is 2. The lowest BCUT2D eigenvalue weighted by Crippen LogP contribution is -2.36. The molecule has 0 saturated carbocycles. The molecule has 0 radical (unpaired) electrons. The Bertz CT molecular complexity index is 1560. The number of ether oxygens (including phenoxy) is 2. The fourth-order valence-electron chi connectivity index (χ4n) is 3.89. The number of halogens is 1. The summed E-state index contributed by atoms with van der Waals surface area (Å²) in [7, 11) is 0. The van der Waals surface area contributed by atoms with Gasteiger partial charge in [0.1, 0.15) is 13.2 Å². The Morgan fingerprint density at radius 3 is 2.46 bits per heavy atom. The van der Waals surface area contributed by atoms with Crippen LogP contribution in [0.5, 0.6) is 11.5 Å². The van der Waals surface area contributed by atoms with Crippen molar-refractivity contribution in [2.45, 2.75) is 27.4 Å². The van der Waals surface area contributed by atoms with E-state index >= 15 is 0 Å². The first-order chi connectivity index (χ1) is 19.5. The molecule has 4 rings (SSSR count). The predicted octanol–water partition coefficient (Wildman–Crippen LogP) is 6.52. The molecule has 12 heteroatoms. The maximum Gasteiger partial charge on any atom is 0.294 e. The van der Waals surface area contributed by atoms with Gasteiger partial charge in [0.05, 0.1) is 21.5 Å². The number of nitro benzene ring substituents is 1. The van der Waals surface area contributed by atoms with E-state index < -0.39 is 28.5 Å². The van der Waals surface area contributed by atoms with Crippen LogP contribution >= 0.6 is 23.4 Å². The van der Waals surface area contributed by atoms with Gasteiger partial charge in [0.25, 0.3) is 16.8 Å². The third-order valence-corrected chi connectivity index (χ3v) is 7.31. The Morgan fingerprint density at radius 1 is 1.07 bits per heavy atom. The summed E-state index contributed by atoms with van der Waals surface area (Å²) in [5.41, 5.74) is 3.81. The summed E-state index contributed by atoms with van der Waals surface area (Å²) in [6.45, 7) is 5.64. The van der Waals surface area contributed by atoms with Crippen molar-refractivity contribution in [1.29, 1.82) is 0 Å². The van der Waals surface area contributed by atoms with Crippen molar-refractivity contribution in [3.63, 3.8) is 0 Å². The monoisotopic (exact) mass is 595 g/mol. The molecule has 0 aliphatic carbocycles. The predicted molar refractivity (Wildman–Crippen MR) is 157 cm³/mol. The molecule has 1 N–H and O–H groups in total. The zero-order valence-electron chi connectivity index (χ0n) is 22.4. The molecular formula is C29H26ClN3O7S. The molecule has 41 heavy (non-hydrogen) atoms. The number of hydrogen-bond donors (Lipinski definition) is 1. The Labute approximate surface area is 245 Å². The van der Waals surface area contributed by atoms with Gasteiger partial charge in [-0.1, -0.05) is 17.7 Å². The van der Waals surface area contributed by atoms with Gasteiger partial charge in [-0.3, -0.25) is 29.4 Å². The van der Waals surface area contributed by atoms with E-state index in [9.17, 15) is 24.5 Å². The summed E-state index contributed by atoms with van der Waals surface area (Å²) >= 11 is 7.23. The highest BCUT2D eigenvalue weighted by Crippen LogP contribution is 2.39. The lowest BCUT2D eigenvalue weighted by molar-refractivity contribution is -0.384. The van der Waals surface area contributed by atoms with Gasteiger partial charge in [-0.2, -0.15) is 0 Å². The molecule has 0 atom stereocenters. The molecule has 0 bridgehead atoms. The molecule has 1 heterocycles. The largest absolute Gasteiger partial charge is 0.490 e. The van der Waals surface area contributed by atoms with Crippen LogP contribution in [0.15, 0.2) is 59.5 Å². The summed E-state index contributed by atoms with van der Waals surface area (Å²) in [5.74, 6) is -0.504. The second-order valence-corrected chi connectivity index (χ2v) is 10.5. The first kappa shape index (κ1) is 29.6. The number of imide groups is 1. The minimum Gasteiger partial charge on any atom is -0.490 e. The van der Waals surface area contributed by atoms with Gasteiger partial charge in [-0.25, -0.2) is 0 Å². The molecule has 3 aromatic carbocycles. The molecule has 0 aromatic heterocycles. The third kappa shape index (κ3) is 7.24. The van der Waals surface area contributed by atoms with Crippen molar-refractivity contribution >= 4 is 57.9 Å². The smallest absolute Gasteiger partial charge is 0.294 e. The minimum absolute atomic E-state index is 0.0301. The Hall–Kier alpha value is -4.35. The third-order valence-electron chi connectivity index (χ3n) is 6.13. The molecule has 0 unspecified atom stereocenters. The van der Waals surface area contributed by atoms with E-state index in [1.54, 1.807) is 37.3 Å². The Morgan fingerprint density at radius 2 is 1.80 bits per heavy atom. The fourth-order valence-corrected chi connectivity index (χ4v) is 5.01. The minimum atomic E-state index is -0.595. The molecule has 212 valence electrons. The van der Waals surface area contributed by atoms with Crippen LogP contribution in [0.4, 0.5) is 16.2 Å². The number of thioether (sulfide) groups is 1. The summed E-state index contributed by atoms with van der Waals surface area (Å²) in [6.07, 6.45) is 1.50. The van der Waals surface area contributed by atoms with Gasteiger partial charge in [0.2, 0.25) is 5.91 Å². The number of carbonyl (C=O) groups is 3. The molecule has 1 saturated heterocycles. The quantitative estimate of drug-likeness (QED) is 0.159. The maximum atomic E-state index is 13.0. The van der Waals surface area contributed by atoms with Crippen LogP contribution in [0.3, 0.4) is 0 Å². The molecule has 1 aliphatic heterocycles. The van der Waals surface area contributed by atoms with Crippen molar-refractivity contribution in [2.24, 2.45) is 0 Å². The molecule has 10 nitrogen and oxygen atoms in total. The van der Waals surface area contributed by atoms with E-state index in [4.69, 9.17) is 21.1 Å². The van der Waals surface area contributed by atoms with Crippen molar-refractivity contribution in [2.75, 3.05) is 18.5 Å². The summed E-state index contributed by atoms with van der Waals surface area (Å²) < 4.78 is 11.6. The highest BCUT2D eigenvalue weighted by molar-refractivity contribution is 8.18. The zero-order valence-corrected chi connectivity index (χ0v) is 24.0. The van der Waals surface area contributed by atoms with Crippen LogP contribution < -0.4 is 14.8 Å². The van der Waals surface area contributed by atoms with E-state index in [1.807, 2.05) is 26.0 Å². The van der Waals surface area contributed by atoms with Crippen LogP contribution in [-0.2, 0) is 16.2 Å². The Kier molecular flexibility index (Phi) is 9.31. The van der Waals surface area contributed by atoms with E-state index in [2.05, 4.69) is 5.32 Å². The number of hydrogen-bond acceptors (Lipinski definition) is 8. The van der Waals surface area contributed by atoms with Gasteiger partial charge >= 0.3 is 0 Å². The highest BCUT2D eigenvalue weighted by atomic mass is 35.5. The van der Waals surface area contributed by atoms with Crippen molar-refractivity contribution in [1.82, 2.24) is 4.90 Å². The second kappa shape index (κ2) is 12.9. The topological polar surface area (TPSA) is 128 Å². The first-order valence-electron chi connectivity index (χ1n) is 12.5. The Balaban J connectivity index is 1.47. The number of aryl methyl sites for hydroxylation is 2. The highest BCUT2D eigenvalue weighted by Gasteiger charge is 2.36. The van der Waals surface area contributed by atoms with Gasteiger partial charge in [0, 0.05) is 17.8 Å². The normalized spacial score (nSPS) is 14.0. The average Bonchev–Trinajstić information content (AvgIpc) is 3.17. The maximum absolute atomic E-state index is 13.0. The van der Waals surface area contributed by atoms with Crippen molar-refractivity contribution < 1.29 is 28.8 Å². The summed E-state index contributed by atoms with van der Waals surface area (Å²) in [6, 6.07) is 14.6. The lowest BCUT2D eigenvalue weighted by Gasteiger charge is -2.15. The number of amides is 3. The van der Waals surface area contributed by atoms with E-state index in [1.165, 1.54) is 18.2 Å². The fraction of sp³-hybridized carbons (Fsp3) is 0.207. The molecule has 1 aliphatic rings. The van der Waals surface area contributed by atoms with E-state index in [0.29, 0.717) is 29.2 Å². The molecule has 0 spiro atoms. The first-order valence-corrected chi connectivity index (χ1v) is 13.7. The SMILES string of the molecule is CCOc1cc(/C=C2/SC(=O)N(CC(=O)Nc3ccc(C)c(C)c3)C2=O)cc(Cl)c1OCc1ccc([N+](=O)[O-])cc1. The van der Waals surface area contributed by atoms with Crippen LogP contribution in [-0.4, -0.2) is 40.0 Å². The van der Waals surface area contributed by atoms with Gasteiger partial charge < -0.3 is 14.8 Å². The second-order valence-electron chi connectivity index (χ2n) is 9.09. The number of carbonyl (C=O) groups excluding carboxylic acids is 3. The summed E-state index contributed by atoms with van der Waals surface area (Å²) in [4.78, 5) is 49.6. The number of non-ortho nitro benzene ring substituents is 1. The van der Waals surface area contributed by atoms with E-state index in [0.717, 1.165) is 27.8 Å².